The summed E-state index contributed by atoms with van der Waals surface area (Å²) in [5, 5.41) is 10.3. The molecule has 0 bridgehead atoms. The summed E-state index contributed by atoms with van der Waals surface area (Å²) >= 11 is 12.0. The van der Waals surface area contributed by atoms with Gasteiger partial charge in [0.25, 0.3) is 5.91 Å². The van der Waals surface area contributed by atoms with Crippen LogP contribution in [0.15, 0.2) is 22.7 Å². The number of benzene rings is 1. The van der Waals surface area contributed by atoms with Crippen molar-refractivity contribution in [3.05, 3.63) is 45.5 Å². The molecule has 2 atom stereocenters. The zero-order valence-corrected chi connectivity index (χ0v) is 14.6. The van der Waals surface area contributed by atoms with Gasteiger partial charge in [0.1, 0.15) is 6.04 Å². The lowest BCUT2D eigenvalue weighted by Crippen LogP contribution is -2.27. The average Bonchev–Trinajstić information content (AvgIpc) is 2.98. The summed E-state index contributed by atoms with van der Waals surface area (Å²) in [5.74, 6) is 0.576. The first-order valence-electron chi connectivity index (χ1n) is 7.17. The van der Waals surface area contributed by atoms with Gasteiger partial charge in [0.05, 0.1) is 15.6 Å². The predicted molar refractivity (Wildman–Crippen MR) is 88.9 cm³/mol. The summed E-state index contributed by atoms with van der Waals surface area (Å²) in [5.41, 5.74) is 0.301. The van der Waals surface area contributed by atoms with Crippen LogP contribution < -0.4 is 10.6 Å². The Balaban J connectivity index is 2.05. The Morgan fingerprint density at radius 1 is 1.35 bits per heavy atom. The zero-order chi connectivity index (χ0) is 17.0. The van der Waals surface area contributed by atoms with E-state index in [4.69, 9.17) is 27.7 Å². The first-order chi connectivity index (χ1) is 10.9. The predicted octanol–water partition coefficient (Wildman–Crippen LogP) is 3.02. The van der Waals surface area contributed by atoms with Gasteiger partial charge in [-0.1, -0.05) is 34.4 Å². The molecule has 0 aliphatic heterocycles. The maximum atomic E-state index is 12.3. The maximum Gasteiger partial charge on any atom is 0.253 e. The van der Waals surface area contributed by atoms with Gasteiger partial charge in [-0.3, -0.25) is 4.79 Å². The Kier molecular flexibility index (Phi) is 5.98. The van der Waals surface area contributed by atoms with Gasteiger partial charge >= 0.3 is 0 Å². The van der Waals surface area contributed by atoms with Crippen LogP contribution in [0.25, 0.3) is 0 Å². The summed E-state index contributed by atoms with van der Waals surface area (Å²) in [6.45, 7) is 3.78. The first kappa shape index (κ1) is 17.7. The van der Waals surface area contributed by atoms with Crippen LogP contribution >= 0.6 is 23.2 Å². The number of hydrogen-bond acceptors (Lipinski definition) is 5. The smallest absolute Gasteiger partial charge is 0.253 e. The normalized spacial score (nSPS) is 13.6. The number of hydrogen-bond donors (Lipinski definition) is 2. The molecule has 6 nitrogen and oxygen atoms in total. The van der Waals surface area contributed by atoms with E-state index < -0.39 is 6.04 Å². The van der Waals surface area contributed by atoms with Crippen LogP contribution in [0.1, 0.15) is 42.0 Å². The van der Waals surface area contributed by atoms with Crippen molar-refractivity contribution in [2.75, 3.05) is 7.05 Å². The second-order valence-electron chi connectivity index (χ2n) is 5.24. The summed E-state index contributed by atoms with van der Waals surface area (Å²) < 4.78 is 5.20. The van der Waals surface area contributed by atoms with Gasteiger partial charge < -0.3 is 15.2 Å². The Morgan fingerprint density at radius 2 is 2.09 bits per heavy atom. The van der Waals surface area contributed by atoms with Gasteiger partial charge in [0.15, 0.2) is 5.82 Å². The topological polar surface area (TPSA) is 80.0 Å². The van der Waals surface area contributed by atoms with E-state index in [0.717, 1.165) is 0 Å². The summed E-state index contributed by atoms with van der Waals surface area (Å²) in [4.78, 5) is 16.6. The van der Waals surface area contributed by atoms with E-state index in [2.05, 4.69) is 20.8 Å². The van der Waals surface area contributed by atoms with E-state index >= 15 is 0 Å². The van der Waals surface area contributed by atoms with Crippen molar-refractivity contribution >= 4 is 29.1 Å². The molecule has 2 unspecified atom stereocenters. The number of aromatic nitrogens is 2. The van der Waals surface area contributed by atoms with Crippen LogP contribution in [0.3, 0.4) is 0 Å². The zero-order valence-electron chi connectivity index (χ0n) is 13.1. The van der Waals surface area contributed by atoms with E-state index in [1.165, 1.54) is 0 Å². The standard InChI is InChI=1S/C15H18Cl2N4O2/c1-8(18-3)7-12-20-15(23-21-12)9(2)19-14(22)10-5-4-6-11(16)13(10)17/h4-6,8-9,18H,7H2,1-3H3,(H,19,22). The Bertz CT molecular complexity index is 690. The van der Waals surface area contributed by atoms with Gasteiger partial charge in [-0.15, -0.1) is 0 Å². The van der Waals surface area contributed by atoms with Crippen LogP contribution in [0.4, 0.5) is 0 Å². The highest BCUT2D eigenvalue weighted by Crippen LogP contribution is 2.26. The SMILES string of the molecule is CNC(C)Cc1noc(C(C)NC(=O)c2cccc(Cl)c2Cl)n1. The molecule has 0 fully saturated rings. The fraction of sp³-hybridized carbons (Fsp3) is 0.400. The highest BCUT2D eigenvalue weighted by molar-refractivity contribution is 6.43. The summed E-state index contributed by atoms with van der Waals surface area (Å²) in [6, 6.07) is 4.68. The molecule has 2 rings (SSSR count). The number of likely N-dealkylation sites (N-methyl/N-ethyl adjacent to an activating group) is 1. The minimum atomic E-state index is -0.441. The fourth-order valence-electron chi connectivity index (χ4n) is 1.92. The summed E-state index contributed by atoms with van der Waals surface area (Å²) in [6.07, 6.45) is 0.640. The van der Waals surface area contributed by atoms with Crippen LogP contribution in [-0.2, 0) is 6.42 Å². The van der Waals surface area contributed by atoms with Crippen molar-refractivity contribution in [3.63, 3.8) is 0 Å². The van der Waals surface area contributed by atoms with E-state index in [1.54, 1.807) is 25.1 Å². The van der Waals surface area contributed by atoms with E-state index in [1.807, 2.05) is 14.0 Å². The number of nitrogens with zero attached hydrogens (tertiary/aromatic N) is 2. The minimum Gasteiger partial charge on any atom is -0.340 e. The van der Waals surface area contributed by atoms with Crippen molar-refractivity contribution in [3.8, 4) is 0 Å². The van der Waals surface area contributed by atoms with Crippen molar-refractivity contribution < 1.29 is 9.32 Å². The second kappa shape index (κ2) is 7.77. The van der Waals surface area contributed by atoms with Gasteiger partial charge in [0, 0.05) is 12.5 Å². The van der Waals surface area contributed by atoms with Crippen molar-refractivity contribution in [1.29, 1.82) is 0 Å². The van der Waals surface area contributed by atoms with Crippen molar-refractivity contribution in [2.24, 2.45) is 0 Å². The molecule has 1 aromatic heterocycles. The van der Waals surface area contributed by atoms with Crippen molar-refractivity contribution in [1.82, 2.24) is 20.8 Å². The van der Waals surface area contributed by atoms with Crippen LogP contribution in [0.5, 0.6) is 0 Å². The minimum absolute atomic E-state index is 0.216. The van der Waals surface area contributed by atoms with Crippen LogP contribution in [0, 0.1) is 0 Å². The van der Waals surface area contributed by atoms with Gasteiger partial charge in [-0.25, -0.2) is 0 Å². The van der Waals surface area contributed by atoms with E-state index in [-0.39, 0.29) is 17.0 Å². The number of nitrogens with one attached hydrogen (secondary N) is 2. The third kappa shape index (κ3) is 4.43. The Hall–Kier alpha value is -1.63. The number of carbonyl (C=O) groups excluding carboxylic acids is 1. The fourth-order valence-corrected chi connectivity index (χ4v) is 2.30. The molecule has 2 N–H and O–H groups in total. The lowest BCUT2D eigenvalue weighted by Gasteiger charge is -2.11. The molecule has 0 aliphatic rings. The quantitative estimate of drug-likeness (QED) is 0.831. The molecule has 23 heavy (non-hydrogen) atoms. The Morgan fingerprint density at radius 3 is 2.78 bits per heavy atom. The van der Waals surface area contributed by atoms with Crippen molar-refractivity contribution in [2.45, 2.75) is 32.4 Å². The molecule has 0 spiro atoms. The highest BCUT2D eigenvalue weighted by atomic mass is 35.5. The van der Waals surface area contributed by atoms with Crippen LogP contribution in [-0.4, -0.2) is 29.1 Å². The molecule has 0 aliphatic carbocycles. The van der Waals surface area contributed by atoms with Gasteiger partial charge in [-0.2, -0.15) is 4.98 Å². The van der Waals surface area contributed by atoms with Gasteiger partial charge in [0.2, 0.25) is 5.89 Å². The molecule has 1 amide bonds. The number of amides is 1. The Labute approximate surface area is 144 Å². The second-order valence-corrected chi connectivity index (χ2v) is 6.02. The lowest BCUT2D eigenvalue weighted by atomic mass is 10.2. The van der Waals surface area contributed by atoms with Crippen LogP contribution in [0.2, 0.25) is 10.0 Å². The molecular weight excluding hydrogens is 339 g/mol. The maximum absolute atomic E-state index is 12.3. The van der Waals surface area contributed by atoms with Gasteiger partial charge in [-0.05, 0) is 33.0 Å². The monoisotopic (exact) mass is 356 g/mol. The largest absolute Gasteiger partial charge is 0.340 e. The number of carbonyl (C=O) groups is 1. The number of rotatable bonds is 6. The molecular formula is C15H18Cl2N4O2. The molecule has 0 saturated carbocycles. The highest BCUT2D eigenvalue weighted by Gasteiger charge is 2.20. The first-order valence-corrected chi connectivity index (χ1v) is 7.92. The third-order valence-electron chi connectivity index (χ3n) is 3.38. The molecule has 1 heterocycles. The molecule has 124 valence electrons. The summed E-state index contributed by atoms with van der Waals surface area (Å²) in [7, 11) is 1.86. The third-order valence-corrected chi connectivity index (χ3v) is 4.20. The average molecular weight is 357 g/mol. The molecule has 0 saturated heterocycles. The van der Waals surface area contributed by atoms with E-state index in [9.17, 15) is 4.79 Å². The van der Waals surface area contributed by atoms with E-state index in [0.29, 0.717) is 28.7 Å². The molecule has 1 aromatic carbocycles. The number of halogens is 2. The molecule has 2 aromatic rings. The molecule has 0 radical (unpaired) electrons. The lowest BCUT2D eigenvalue weighted by molar-refractivity contribution is 0.0932. The molecule has 8 heteroatoms.